The molecule has 0 spiro atoms. The van der Waals surface area contributed by atoms with Crippen LogP contribution in [0, 0.1) is 0 Å². The average molecular weight is 350 g/mol. The second-order valence-corrected chi connectivity index (χ2v) is 5.43. The Balaban J connectivity index is 1.47. The summed E-state index contributed by atoms with van der Waals surface area (Å²) in [6, 6.07) is 12.5. The highest BCUT2D eigenvalue weighted by Crippen LogP contribution is 2.42. The lowest BCUT2D eigenvalue weighted by molar-refractivity contribution is -0.286. The van der Waals surface area contributed by atoms with Crippen molar-refractivity contribution in [2.45, 2.75) is 18.8 Å². The van der Waals surface area contributed by atoms with E-state index in [2.05, 4.69) is 20.1 Å². The number of halogens is 2. The lowest BCUT2D eigenvalue weighted by atomic mass is 10.1. The lowest BCUT2D eigenvalue weighted by Crippen LogP contribution is -2.30. The van der Waals surface area contributed by atoms with E-state index in [0.717, 1.165) is 5.56 Å². The van der Waals surface area contributed by atoms with Gasteiger partial charge in [0.25, 0.3) is 0 Å². The Morgan fingerprint density at radius 1 is 1.12 bits per heavy atom. The Bertz CT molecular complexity index is 756. The number of anilines is 1. The molecular weight excluding hydrogens is 334 g/mol. The van der Waals surface area contributed by atoms with E-state index in [-0.39, 0.29) is 23.7 Å². The Morgan fingerprint density at radius 2 is 1.84 bits per heavy atom. The lowest BCUT2D eigenvalue weighted by Gasteiger charge is -2.12. The number of aliphatic hydroxyl groups is 1. The minimum atomic E-state index is -3.70. The van der Waals surface area contributed by atoms with Crippen LogP contribution >= 0.6 is 0 Å². The molecule has 25 heavy (non-hydrogen) atoms. The molecule has 0 bridgehead atoms. The predicted molar refractivity (Wildman–Crippen MR) is 85.7 cm³/mol. The van der Waals surface area contributed by atoms with Gasteiger partial charge in [-0.05, 0) is 24.1 Å². The number of hydrogen-bond acceptors (Lipinski definition) is 4. The third kappa shape index (κ3) is 4.36. The van der Waals surface area contributed by atoms with Crippen molar-refractivity contribution in [3.05, 3.63) is 54.1 Å². The summed E-state index contributed by atoms with van der Waals surface area (Å²) >= 11 is 0. The molecule has 132 valence electrons. The first-order valence-corrected chi connectivity index (χ1v) is 7.61. The first-order valence-electron chi connectivity index (χ1n) is 7.61. The van der Waals surface area contributed by atoms with E-state index in [0.29, 0.717) is 6.42 Å². The average Bonchev–Trinajstić information content (AvgIpc) is 2.88. The topological polar surface area (TPSA) is 79.8 Å². The van der Waals surface area contributed by atoms with E-state index in [1.54, 1.807) is 12.1 Å². The molecule has 0 fully saturated rings. The van der Waals surface area contributed by atoms with Crippen molar-refractivity contribution in [1.29, 1.82) is 0 Å². The third-order valence-corrected chi connectivity index (χ3v) is 3.55. The van der Waals surface area contributed by atoms with Crippen LogP contribution in [0.3, 0.4) is 0 Å². The number of aliphatic hydroxyl groups excluding tert-OH is 1. The van der Waals surface area contributed by atoms with E-state index in [1.165, 1.54) is 18.2 Å². The summed E-state index contributed by atoms with van der Waals surface area (Å²) in [4.78, 5) is 11.8. The first kappa shape index (κ1) is 17.0. The summed E-state index contributed by atoms with van der Waals surface area (Å²) in [5.74, 6) is -0.246. The Hall–Kier alpha value is -2.87. The number of urea groups is 1. The summed E-state index contributed by atoms with van der Waals surface area (Å²) in [6.45, 7) is 0.241. The van der Waals surface area contributed by atoms with E-state index >= 15 is 0 Å². The molecule has 1 heterocycles. The maximum atomic E-state index is 12.9. The maximum absolute atomic E-state index is 12.9. The van der Waals surface area contributed by atoms with Gasteiger partial charge >= 0.3 is 12.3 Å². The number of nitrogens with one attached hydrogen (secondary N) is 2. The highest BCUT2D eigenvalue weighted by Gasteiger charge is 2.43. The number of rotatable bonds is 5. The fourth-order valence-electron chi connectivity index (χ4n) is 2.37. The van der Waals surface area contributed by atoms with Gasteiger partial charge in [-0.15, -0.1) is 8.78 Å². The number of benzene rings is 2. The van der Waals surface area contributed by atoms with Crippen LogP contribution in [0.2, 0.25) is 0 Å². The molecule has 0 saturated carbocycles. The van der Waals surface area contributed by atoms with Crippen LogP contribution in [0.15, 0.2) is 48.5 Å². The normalized spacial score (nSPS) is 15.5. The van der Waals surface area contributed by atoms with Gasteiger partial charge in [0.15, 0.2) is 11.5 Å². The van der Waals surface area contributed by atoms with Crippen molar-refractivity contribution in [1.82, 2.24) is 5.32 Å². The summed E-state index contributed by atoms with van der Waals surface area (Å²) in [5, 5.41) is 15.1. The molecule has 8 heteroatoms. The predicted octanol–water partition coefficient (Wildman–Crippen LogP) is 3.25. The van der Waals surface area contributed by atoms with E-state index in [1.807, 2.05) is 18.2 Å². The second kappa shape index (κ2) is 6.94. The van der Waals surface area contributed by atoms with Crippen molar-refractivity contribution in [2.75, 3.05) is 11.9 Å². The quantitative estimate of drug-likeness (QED) is 0.773. The molecule has 0 aliphatic carbocycles. The van der Waals surface area contributed by atoms with Gasteiger partial charge in [0.05, 0.1) is 6.10 Å². The number of alkyl halides is 2. The van der Waals surface area contributed by atoms with Crippen molar-refractivity contribution >= 4 is 11.7 Å². The summed E-state index contributed by atoms with van der Waals surface area (Å²) in [5.41, 5.74) is 1.04. The van der Waals surface area contributed by atoms with Crippen LogP contribution < -0.4 is 20.1 Å². The van der Waals surface area contributed by atoms with Gasteiger partial charge in [0.1, 0.15) is 0 Å². The van der Waals surface area contributed by atoms with E-state index < -0.39 is 18.4 Å². The number of carbonyl (C=O) groups excluding carboxylic acids is 1. The molecule has 2 aromatic carbocycles. The van der Waals surface area contributed by atoms with Crippen LogP contribution in [-0.2, 0) is 0 Å². The zero-order valence-electron chi connectivity index (χ0n) is 13.0. The minimum Gasteiger partial charge on any atom is -0.395 e. The fourth-order valence-corrected chi connectivity index (χ4v) is 2.37. The van der Waals surface area contributed by atoms with Gasteiger partial charge in [-0.1, -0.05) is 30.3 Å². The monoisotopic (exact) mass is 350 g/mol. The zero-order chi connectivity index (χ0) is 17.9. The highest BCUT2D eigenvalue weighted by molar-refractivity contribution is 5.89. The van der Waals surface area contributed by atoms with Crippen LogP contribution in [0.5, 0.6) is 11.5 Å². The first-order chi connectivity index (χ1) is 11.9. The van der Waals surface area contributed by atoms with Gasteiger partial charge in [0.2, 0.25) is 0 Å². The van der Waals surface area contributed by atoms with Gasteiger partial charge in [0, 0.05) is 18.3 Å². The number of hydrogen-bond donors (Lipinski definition) is 3. The van der Waals surface area contributed by atoms with E-state index in [4.69, 9.17) is 0 Å². The van der Waals surface area contributed by atoms with Gasteiger partial charge in [-0.3, -0.25) is 0 Å². The summed E-state index contributed by atoms with van der Waals surface area (Å²) in [7, 11) is 0. The summed E-state index contributed by atoms with van der Waals surface area (Å²) in [6.07, 6.45) is -4.05. The van der Waals surface area contributed by atoms with Crippen molar-refractivity contribution in [3.63, 3.8) is 0 Å². The largest absolute Gasteiger partial charge is 0.586 e. The van der Waals surface area contributed by atoms with Crippen LogP contribution in [0.4, 0.5) is 19.3 Å². The molecule has 6 nitrogen and oxygen atoms in total. The Morgan fingerprint density at radius 3 is 2.60 bits per heavy atom. The molecule has 0 radical (unpaired) electrons. The number of fused-ring (bicyclic) bond motifs is 1. The molecule has 1 aliphatic heterocycles. The molecule has 3 rings (SSSR count). The van der Waals surface area contributed by atoms with E-state index in [9.17, 15) is 18.7 Å². The van der Waals surface area contributed by atoms with Gasteiger partial charge in [-0.2, -0.15) is 0 Å². The Kier molecular flexibility index (Phi) is 4.71. The molecule has 1 atom stereocenters. The molecule has 3 N–H and O–H groups in total. The molecule has 0 aromatic heterocycles. The van der Waals surface area contributed by atoms with Crippen molar-refractivity contribution in [3.8, 4) is 11.5 Å². The maximum Gasteiger partial charge on any atom is 0.586 e. The number of ether oxygens (including phenoxy) is 2. The van der Waals surface area contributed by atoms with Crippen molar-refractivity contribution in [2.24, 2.45) is 0 Å². The SMILES string of the molecule is O=C(NCC[C@@H](O)c1ccccc1)Nc1ccc2c(c1)OC(F)(F)O2. The third-order valence-electron chi connectivity index (χ3n) is 3.55. The number of amides is 2. The minimum absolute atomic E-state index is 0.0954. The highest BCUT2D eigenvalue weighted by atomic mass is 19.3. The fraction of sp³-hybridized carbons (Fsp3) is 0.235. The van der Waals surface area contributed by atoms with Crippen LogP contribution in [0.1, 0.15) is 18.1 Å². The standard InChI is InChI=1S/C17H16F2N2O4/c18-17(19)24-14-7-6-12(10-15(14)25-17)21-16(23)20-9-8-13(22)11-4-2-1-3-5-11/h1-7,10,13,22H,8-9H2,(H2,20,21,23)/t13-/m1/s1. The summed E-state index contributed by atoms with van der Waals surface area (Å²) < 4.78 is 34.5. The number of carbonyl (C=O) groups is 1. The second-order valence-electron chi connectivity index (χ2n) is 5.43. The molecule has 1 aliphatic rings. The van der Waals surface area contributed by atoms with Crippen molar-refractivity contribution < 1.29 is 28.2 Å². The zero-order valence-corrected chi connectivity index (χ0v) is 13.0. The van der Waals surface area contributed by atoms with Crippen LogP contribution in [-0.4, -0.2) is 24.0 Å². The molecule has 2 aromatic rings. The molecule has 0 unspecified atom stereocenters. The van der Waals surface area contributed by atoms with Gasteiger partial charge < -0.3 is 25.2 Å². The smallest absolute Gasteiger partial charge is 0.395 e. The van der Waals surface area contributed by atoms with Crippen LogP contribution in [0.25, 0.3) is 0 Å². The molecule has 0 saturated heterocycles. The molecule has 2 amide bonds. The Labute approximate surface area is 142 Å². The van der Waals surface area contributed by atoms with Gasteiger partial charge in [-0.25, -0.2) is 4.79 Å². The molecular formula is C17H16F2N2O4.